The molecule has 0 saturated carbocycles. The second-order valence-electron chi connectivity index (χ2n) is 4.70. The molecule has 0 aliphatic carbocycles. The summed E-state index contributed by atoms with van der Waals surface area (Å²) in [6.45, 7) is 5.88. The van der Waals surface area contributed by atoms with Crippen LogP contribution < -0.4 is 0 Å². The van der Waals surface area contributed by atoms with Crippen LogP contribution in [0.4, 0.5) is 0 Å². The highest BCUT2D eigenvalue weighted by molar-refractivity contribution is 7.89. The Labute approximate surface area is 129 Å². The molecular weight excluding hydrogens is 314 g/mol. The van der Waals surface area contributed by atoms with Gasteiger partial charge in [0.15, 0.2) is 0 Å². The van der Waals surface area contributed by atoms with E-state index in [4.69, 9.17) is 9.84 Å². The first-order chi connectivity index (χ1) is 9.75. The second-order valence-corrected chi connectivity index (χ2v) is 7.82. The van der Waals surface area contributed by atoms with E-state index < -0.39 is 16.0 Å². The van der Waals surface area contributed by atoms with Crippen LogP contribution in [0.25, 0.3) is 0 Å². The lowest BCUT2D eigenvalue weighted by molar-refractivity contribution is 0.0702. The predicted octanol–water partition coefficient (Wildman–Crippen LogP) is 2.19. The molecule has 6 nitrogen and oxygen atoms in total. The summed E-state index contributed by atoms with van der Waals surface area (Å²) in [5.74, 6) is -1.11. The van der Waals surface area contributed by atoms with Gasteiger partial charge in [0.1, 0.15) is 4.88 Å². The fourth-order valence-corrected chi connectivity index (χ4v) is 5.01. The van der Waals surface area contributed by atoms with Crippen molar-refractivity contribution in [1.29, 1.82) is 0 Å². The Hall–Kier alpha value is -0.960. The molecule has 1 heterocycles. The molecular formula is C13H21NO5S2. The topological polar surface area (TPSA) is 83.9 Å². The first-order valence-corrected chi connectivity index (χ1v) is 8.85. The standard InChI is InChI=1S/C13H21NO5S2/c1-5-9(2)14(6-7-19-4)21(17,18)12-8-11(13(15)16)20-10(12)3/h8-9H,5-7H2,1-4H3,(H,15,16). The van der Waals surface area contributed by atoms with E-state index in [2.05, 4.69) is 0 Å². The average molecular weight is 335 g/mol. The van der Waals surface area contributed by atoms with Gasteiger partial charge in [-0.15, -0.1) is 11.3 Å². The lowest BCUT2D eigenvalue weighted by atomic mass is 10.3. The molecule has 0 fully saturated rings. The van der Waals surface area contributed by atoms with Gasteiger partial charge in [0.2, 0.25) is 10.0 Å². The Morgan fingerprint density at radius 2 is 2.14 bits per heavy atom. The van der Waals surface area contributed by atoms with Crippen molar-refractivity contribution in [3.05, 3.63) is 15.8 Å². The molecule has 1 N–H and O–H groups in total. The molecule has 0 radical (unpaired) electrons. The van der Waals surface area contributed by atoms with Gasteiger partial charge in [-0.05, 0) is 26.3 Å². The van der Waals surface area contributed by atoms with E-state index in [0.717, 1.165) is 11.3 Å². The van der Waals surface area contributed by atoms with Crippen molar-refractivity contribution in [3.63, 3.8) is 0 Å². The van der Waals surface area contributed by atoms with E-state index in [1.807, 2.05) is 13.8 Å². The molecule has 120 valence electrons. The number of carboxylic acids is 1. The third-order valence-electron chi connectivity index (χ3n) is 3.27. The molecule has 1 aromatic rings. The number of carboxylic acid groups (broad SMARTS) is 1. The third kappa shape index (κ3) is 4.03. The fourth-order valence-electron chi connectivity index (χ4n) is 1.92. The van der Waals surface area contributed by atoms with Crippen LogP contribution in [0.15, 0.2) is 11.0 Å². The smallest absolute Gasteiger partial charge is 0.345 e. The van der Waals surface area contributed by atoms with Crippen LogP contribution >= 0.6 is 11.3 Å². The van der Waals surface area contributed by atoms with Gasteiger partial charge >= 0.3 is 5.97 Å². The molecule has 1 rings (SSSR count). The molecule has 8 heteroatoms. The lowest BCUT2D eigenvalue weighted by Crippen LogP contribution is -2.40. The van der Waals surface area contributed by atoms with Crippen molar-refractivity contribution in [1.82, 2.24) is 4.31 Å². The third-order valence-corrected chi connectivity index (χ3v) is 6.58. The molecule has 0 aliphatic rings. The summed E-state index contributed by atoms with van der Waals surface area (Å²) in [5.41, 5.74) is 0. The van der Waals surface area contributed by atoms with E-state index in [0.29, 0.717) is 17.9 Å². The first kappa shape index (κ1) is 18.1. The minimum Gasteiger partial charge on any atom is -0.477 e. The first-order valence-electron chi connectivity index (χ1n) is 6.60. The molecule has 0 aliphatic heterocycles. The number of sulfonamides is 1. The van der Waals surface area contributed by atoms with Crippen molar-refractivity contribution >= 4 is 27.3 Å². The van der Waals surface area contributed by atoms with Gasteiger partial charge in [-0.25, -0.2) is 13.2 Å². The zero-order valence-corrected chi connectivity index (χ0v) is 14.3. The number of aryl methyl sites for hydroxylation is 1. The second kappa shape index (κ2) is 7.35. The normalized spacial score (nSPS) is 13.6. The molecule has 0 amide bonds. The van der Waals surface area contributed by atoms with Crippen LogP contribution in [0.1, 0.15) is 34.8 Å². The van der Waals surface area contributed by atoms with Crippen LogP contribution in [0, 0.1) is 6.92 Å². The average Bonchev–Trinajstić information content (AvgIpc) is 2.81. The summed E-state index contributed by atoms with van der Waals surface area (Å²) < 4.78 is 31.9. The molecule has 1 unspecified atom stereocenters. The maximum absolute atomic E-state index is 12.8. The molecule has 21 heavy (non-hydrogen) atoms. The Morgan fingerprint density at radius 1 is 1.52 bits per heavy atom. The van der Waals surface area contributed by atoms with Crippen LogP contribution in [0.2, 0.25) is 0 Å². The van der Waals surface area contributed by atoms with E-state index in [9.17, 15) is 13.2 Å². The van der Waals surface area contributed by atoms with Crippen LogP contribution in [-0.2, 0) is 14.8 Å². The summed E-state index contributed by atoms with van der Waals surface area (Å²) >= 11 is 0.973. The van der Waals surface area contributed by atoms with E-state index >= 15 is 0 Å². The summed E-state index contributed by atoms with van der Waals surface area (Å²) in [6, 6.07) is 1.05. The number of rotatable bonds is 8. The van der Waals surface area contributed by atoms with Crippen molar-refractivity contribution in [3.8, 4) is 0 Å². The fraction of sp³-hybridized carbons (Fsp3) is 0.615. The summed E-state index contributed by atoms with van der Waals surface area (Å²) in [6.07, 6.45) is 0.665. The highest BCUT2D eigenvalue weighted by Gasteiger charge is 2.31. The van der Waals surface area contributed by atoms with Gasteiger partial charge < -0.3 is 9.84 Å². The Kier molecular flexibility index (Phi) is 6.33. The number of hydrogen-bond donors (Lipinski definition) is 1. The Bertz CT molecular complexity index is 594. The lowest BCUT2D eigenvalue weighted by Gasteiger charge is -2.27. The summed E-state index contributed by atoms with van der Waals surface area (Å²) in [7, 11) is -2.21. The number of carbonyl (C=O) groups is 1. The predicted molar refractivity (Wildman–Crippen MR) is 81.5 cm³/mol. The molecule has 0 saturated heterocycles. The van der Waals surface area contributed by atoms with Crippen LogP contribution in [-0.4, -0.2) is 50.1 Å². The summed E-state index contributed by atoms with van der Waals surface area (Å²) in [4.78, 5) is 11.6. The van der Waals surface area contributed by atoms with Crippen molar-refractivity contribution < 1.29 is 23.1 Å². The largest absolute Gasteiger partial charge is 0.477 e. The number of hydrogen-bond acceptors (Lipinski definition) is 5. The summed E-state index contributed by atoms with van der Waals surface area (Å²) in [5, 5.41) is 9.01. The van der Waals surface area contributed by atoms with Gasteiger partial charge in [-0.1, -0.05) is 6.92 Å². The number of ether oxygens (including phenoxy) is 1. The van der Waals surface area contributed by atoms with Crippen LogP contribution in [0.3, 0.4) is 0 Å². The van der Waals surface area contributed by atoms with Crippen molar-refractivity contribution in [2.24, 2.45) is 0 Å². The van der Waals surface area contributed by atoms with Gasteiger partial charge in [0.05, 0.1) is 11.5 Å². The Balaban J connectivity index is 3.24. The zero-order valence-electron chi connectivity index (χ0n) is 12.6. The Morgan fingerprint density at radius 3 is 2.57 bits per heavy atom. The number of methoxy groups -OCH3 is 1. The van der Waals surface area contributed by atoms with Crippen LogP contribution in [0.5, 0.6) is 0 Å². The number of aromatic carboxylic acids is 1. The molecule has 0 aromatic carbocycles. The number of nitrogens with zero attached hydrogens (tertiary/aromatic N) is 1. The SMILES string of the molecule is CCC(C)N(CCOC)S(=O)(=O)c1cc(C(=O)O)sc1C. The van der Waals surface area contributed by atoms with Gasteiger partial charge in [0, 0.05) is 24.6 Å². The zero-order chi connectivity index (χ0) is 16.2. The maximum Gasteiger partial charge on any atom is 0.345 e. The monoisotopic (exact) mass is 335 g/mol. The quantitative estimate of drug-likeness (QED) is 0.787. The van der Waals surface area contributed by atoms with Gasteiger partial charge in [-0.3, -0.25) is 0 Å². The molecule has 1 aromatic heterocycles. The van der Waals surface area contributed by atoms with Crippen molar-refractivity contribution in [2.45, 2.75) is 38.1 Å². The minimum absolute atomic E-state index is 0.0296. The van der Waals surface area contributed by atoms with Gasteiger partial charge in [-0.2, -0.15) is 4.31 Å². The molecule has 0 bridgehead atoms. The van der Waals surface area contributed by atoms with E-state index in [1.54, 1.807) is 6.92 Å². The highest BCUT2D eigenvalue weighted by Crippen LogP contribution is 2.29. The minimum atomic E-state index is -3.73. The maximum atomic E-state index is 12.8. The van der Waals surface area contributed by atoms with E-state index in [1.165, 1.54) is 17.5 Å². The molecule has 0 spiro atoms. The van der Waals surface area contributed by atoms with E-state index in [-0.39, 0.29) is 22.4 Å². The molecule has 1 atom stereocenters. The van der Waals surface area contributed by atoms with Crippen molar-refractivity contribution in [2.75, 3.05) is 20.3 Å². The van der Waals surface area contributed by atoms with Gasteiger partial charge in [0.25, 0.3) is 0 Å². The highest BCUT2D eigenvalue weighted by atomic mass is 32.2. The number of thiophene rings is 1.